The van der Waals surface area contributed by atoms with Crippen LogP contribution in [-0.4, -0.2) is 52.6 Å². The number of halogens is 2. The maximum absolute atomic E-state index is 13.4. The molecule has 1 heterocycles. The number of benzene rings is 1. The lowest BCUT2D eigenvalue weighted by Crippen LogP contribution is -2.51. The second-order valence-electron chi connectivity index (χ2n) is 4.38. The van der Waals surface area contributed by atoms with E-state index in [1.165, 1.54) is 16.7 Å². The fraction of sp³-hybridized carbons (Fsp3) is 0.385. The number of rotatable bonds is 4. The molecule has 1 amide bonds. The number of hydrogen-bond donors (Lipinski definition) is 1. The fourth-order valence-corrected chi connectivity index (χ4v) is 2.96. The number of carbonyl (C=O) groups excluding carboxylic acids is 1. The monoisotopic (exact) mass is 317 g/mol. The number of carbonyl (C=O) groups is 2. The summed E-state index contributed by atoms with van der Waals surface area (Å²) in [5.74, 6) is -2.57. The summed E-state index contributed by atoms with van der Waals surface area (Å²) in [7, 11) is 0. The van der Waals surface area contributed by atoms with E-state index in [4.69, 9.17) is 9.84 Å². The first-order chi connectivity index (χ1) is 9.99. The van der Waals surface area contributed by atoms with Crippen LogP contribution < -0.4 is 4.74 Å². The van der Waals surface area contributed by atoms with Crippen LogP contribution in [0.2, 0.25) is 0 Å². The second kappa shape index (κ2) is 6.75. The molecule has 114 valence electrons. The van der Waals surface area contributed by atoms with Crippen molar-refractivity contribution in [2.24, 2.45) is 0 Å². The van der Waals surface area contributed by atoms with Gasteiger partial charge in [-0.2, -0.15) is 11.8 Å². The zero-order valence-corrected chi connectivity index (χ0v) is 11.7. The molecule has 0 radical (unpaired) electrons. The number of thioether (sulfide) groups is 1. The Morgan fingerprint density at radius 2 is 2.19 bits per heavy atom. The number of carboxylic acid groups (broad SMARTS) is 1. The van der Waals surface area contributed by atoms with E-state index in [2.05, 4.69) is 0 Å². The summed E-state index contributed by atoms with van der Waals surface area (Å²) in [6.45, 7) is -0.188. The summed E-state index contributed by atoms with van der Waals surface area (Å²) in [6, 6.07) is 1.84. The number of hydrogen-bond acceptors (Lipinski definition) is 4. The van der Waals surface area contributed by atoms with Crippen molar-refractivity contribution < 1.29 is 28.2 Å². The molecule has 2 rings (SSSR count). The molecule has 1 N–H and O–H groups in total. The van der Waals surface area contributed by atoms with Gasteiger partial charge in [0.05, 0.1) is 0 Å². The Hall–Kier alpha value is -1.83. The lowest BCUT2D eigenvalue weighted by atomic mass is 10.2. The van der Waals surface area contributed by atoms with Crippen LogP contribution in [0, 0.1) is 11.6 Å². The summed E-state index contributed by atoms with van der Waals surface area (Å²) >= 11 is 1.45. The minimum absolute atomic E-state index is 0.247. The predicted octanol–water partition coefficient (Wildman–Crippen LogP) is 1.37. The molecule has 1 aliphatic rings. The molecule has 0 saturated carbocycles. The Bertz CT molecular complexity index is 555. The standard InChI is InChI=1S/C13H13F2NO4S/c14-8-1-2-11(9(15)5-8)20-6-12(17)16-3-4-21-7-10(16)13(18)19/h1-2,5,10H,3-4,6-7H2,(H,18,19). The van der Waals surface area contributed by atoms with Crippen LogP contribution in [0.4, 0.5) is 8.78 Å². The highest BCUT2D eigenvalue weighted by Crippen LogP contribution is 2.19. The van der Waals surface area contributed by atoms with E-state index in [0.717, 1.165) is 12.1 Å². The van der Waals surface area contributed by atoms with Crippen LogP contribution in [-0.2, 0) is 9.59 Å². The molecule has 0 aliphatic carbocycles. The van der Waals surface area contributed by atoms with Crippen molar-refractivity contribution in [1.82, 2.24) is 4.90 Å². The van der Waals surface area contributed by atoms with Gasteiger partial charge >= 0.3 is 5.97 Å². The first kappa shape index (κ1) is 15.6. The van der Waals surface area contributed by atoms with Gasteiger partial charge in [-0.1, -0.05) is 0 Å². The smallest absolute Gasteiger partial charge is 0.327 e. The molecule has 1 fully saturated rings. The van der Waals surface area contributed by atoms with Gasteiger partial charge in [0, 0.05) is 24.1 Å². The molecule has 0 spiro atoms. The largest absolute Gasteiger partial charge is 0.481 e. The van der Waals surface area contributed by atoms with Crippen LogP contribution in [0.15, 0.2) is 18.2 Å². The third kappa shape index (κ3) is 3.84. The first-order valence-electron chi connectivity index (χ1n) is 6.17. The van der Waals surface area contributed by atoms with Gasteiger partial charge in [-0.15, -0.1) is 0 Å². The summed E-state index contributed by atoms with van der Waals surface area (Å²) in [5, 5.41) is 9.07. The first-order valence-corrected chi connectivity index (χ1v) is 7.32. The summed E-state index contributed by atoms with van der Waals surface area (Å²) in [4.78, 5) is 24.3. The molecule has 1 aromatic rings. The van der Waals surface area contributed by atoms with Crippen LogP contribution in [0.25, 0.3) is 0 Å². The van der Waals surface area contributed by atoms with Gasteiger partial charge < -0.3 is 14.7 Å². The molecule has 8 heteroatoms. The Kier molecular flexibility index (Phi) is 5.00. The van der Waals surface area contributed by atoms with Gasteiger partial charge in [-0.05, 0) is 12.1 Å². The second-order valence-corrected chi connectivity index (χ2v) is 5.53. The van der Waals surface area contributed by atoms with Gasteiger partial charge in [0.25, 0.3) is 5.91 Å². The highest BCUT2D eigenvalue weighted by atomic mass is 32.2. The fourth-order valence-electron chi connectivity index (χ4n) is 1.92. The maximum atomic E-state index is 13.4. The average molecular weight is 317 g/mol. The number of amides is 1. The highest BCUT2D eigenvalue weighted by Gasteiger charge is 2.32. The Morgan fingerprint density at radius 1 is 1.43 bits per heavy atom. The van der Waals surface area contributed by atoms with Crippen molar-refractivity contribution in [2.75, 3.05) is 24.7 Å². The molecular weight excluding hydrogens is 304 g/mol. The van der Waals surface area contributed by atoms with Crippen LogP contribution >= 0.6 is 11.8 Å². The van der Waals surface area contributed by atoms with Gasteiger partial charge in [0.1, 0.15) is 11.9 Å². The zero-order chi connectivity index (χ0) is 15.4. The third-order valence-electron chi connectivity index (χ3n) is 2.98. The van der Waals surface area contributed by atoms with E-state index < -0.39 is 36.2 Å². The molecule has 5 nitrogen and oxygen atoms in total. The summed E-state index contributed by atoms with van der Waals surface area (Å²) in [6.07, 6.45) is 0. The Balaban J connectivity index is 1.98. The van der Waals surface area contributed by atoms with E-state index in [9.17, 15) is 18.4 Å². The zero-order valence-electron chi connectivity index (χ0n) is 10.9. The predicted molar refractivity (Wildman–Crippen MR) is 72.3 cm³/mol. The van der Waals surface area contributed by atoms with Crippen molar-refractivity contribution in [3.8, 4) is 5.75 Å². The van der Waals surface area contributed by atoms with Crippen molar-refractivity contribution in [1.29, 1.82) is 0 Å². The molecule has 1 unspecified atom stereocenters. The van der Waals surface area contributed by atoms with E-state index in [1.54, 1.807) is 0 Å². The lowest BCUT2D eigenvalue weighted by Gasteiger charge is -2.32. The minimum atomic E-state index is -1.08. The van der Waals surface area contributed by atoms with E-state index in [1.807, 2.05) is 0 Å². The van der Waals surface area contributed by atoms with Crippen molar-refractivity contribution in [3.05, 3.63) is 29.8 Å². The summed E-state index contributed by atoms with van der Waals surface area (Å²) < 4.78 is 31.1. The number of aliphatic carboxylic acids is 1. The van der Waals surface area contributed by atoms with Crippen molar-refractivity contribution >= 4 is 23.6 Å². The van der Waals surface area contributed by atoms with Crippen LogP contribution in [0.1, 0.15) is 0 Å². The minimum Gasteiger partial charge on any atom is -0.481 e. The van der Waals surface area contributed by atoms with Crippen molar-refractivity contribution in [3.63, 3.8) is 0 Å². The molecule has 1 aliphatic heterocycles. The number of ether oxygens (including phenoxy) is 1. The molecule has 1 aromatic carbocycles. The molecule has 1 saturated heterocycles. The quantitative estimate of drug-likeness (QED) is 0.908. The Labute approximate surface area is 123 Å². The number of nitrogens with zero attached hydrogens (tertiary/aromatic N) is 1. The number of carboxylic acids is 1. The SMILES string of the molecule is O=C(O)C1CSCCN1C(=O)COc1ccc(F)cc1F. The van der Waals surface area contributed by atoms with E-state index in [0.29, 0.717) is 24.1 Å². The topological polar surface area (TPSA) is 66.8 Å². The van der Waals surface area contributed by atoms with E-state index >= 15 is 0 Å². The normalized spacial score (nSPS) is 18.4. The van der Waals surface area contributed by atoms with Gasteiger partial charge in [-0.25, -0.2) is 13.6 Å². The lowest BCUT2D eigenvalue weighted by molar-refractivity contribution is -0.150. The van der Waals surface area contributed by atoms with Crippen LogP contribution in [0.3, 0.4) is 0 Å². The highest BCUT2D eigenvalue weighted by molar-refractivity contribution is 7.99. The van der Waals surface area contributed by atoms with Gasteiger partial charge in [0.15, 0.2) is 18.2 Å². The van der Waals surface area contributed by atoms with E-state index in [-0.39, 0.29) is 5.75 Å². The molecular formula is C13H13F2NO4S. The molecule has 0 bridgehead atoms. The maximum Gasteiger partial charge on any atom is 0.327 e. The molecule has 21 heavy (non-hydrogen) atoms. The molecule has 0 aromatic heterocycles. The third-order valence-corrected chi connectivity index (χ3v) is 4.00. The molecule has 1 atom stereocenters. The Morgan fingerprint density at radius 3 is 2.86 bits per heavy atom. The van der Waals surface area contributed by atoms with Crippen LogP contribution in [0.5, 0.6) is 5.75 Å². The van der Waals surface area contributed by atoms with Crippen molar-refractivity contribution in [2.45, 2.75) is 6.04 Å². The van der Waals surface area contributed by atoms with Gasteiger partial charge in [-0.3, -0.25) is 4.79 Å². The van der Waals surface area contributed by atoms with Gasteiger partial charge in [0.2, 0.25) is 0 Å². The average Bonchev–Trinajstić information content (AvgIpc) is 2.46. The summed E-state index contributed by atoms with van der Waals surface area (Å²) in [5.41, 5.74) is 0.